The zero-order valence-electron chi connectivity index (χ0n) is 14.1. The molecule has 3 nitrogen and oxygen atoms in total. The molecule has 0 aliphatic carbocycles. The van der Waals surface area contributed by atoms with Crippen molar-refractivity contribution >= 4 is 16.6 Å². The molecule has 1 atom stereocenters. The van der Waals surface area contributed by atoms with Gasteiger partial charge in [0.25, 0.3) is 0 Å². The predicted molar refractivity (Wildman–Crippen MR) is 103 cm³/mol. The third kappa shape index (κ3) is 3.09. The molecule has 1 unspecified atom stereocenters. The molecule has 3 heteroatoms. The summed E-state index contributed by atoms with van der Waals surface area (Å²) in [5, 5.41) is 5.84. The van der Waals surface area contributed by atoms with E-state index in [0.29, 0.717) is 0 Å². The second kappa shape index (κ2) is 6.73. The Morgan fingerprint density at radius 1 is 0.800 bits per heavy atom. The number of rotatable bonds is 4. The van der Waals surface area contributed by atoms with Gasteiger partial charge in [-0.15, -0.1) is 0 Å². The molecular formula is C22H19N3. The van der Waals surface area contributed by atoms with E-state index in [1.165, 1.54) is 10.9 Å². The van der Waals surface area contributed by atoms with Gasteiger partial charge in [0.1, 0.15) is 5.82 Å². The minimum atomic E-state index is 0.182. The second-order valence-electron chi connectivity index (χ2n) is 6.08. The van der Waals surface area contributed by atoms with Gasteiger partial charge in [0.05, 0.1) is 0 Å². The van der Waals surface area contributed by atoms with E-state index in [9.17, 15) is 0 Å². The molecule has 2 heterocycles. The van der Waals surface area contributed by atoms with Crippen LogP contribution in [-0.2, 0) is 0 Å². The molecule has 0 bridgehead atoms. The summed E-state index contributed by atoms with van der Waals surface area (Å²) in [6.07, 6.45) is 5.60. The summed E-state index contributed by atoms with van der Waals surface area (Å²) in [4.78, 5) is 8.94. The maximum absolute atomic E-state index is 4.71. The van der Waals surface area contributed by atoms with E-state index in [1.54, 1.807) is 6.20 Å². The van der Waals surface area contributed by atoms with Crippen LogP contribution in [0, 0.1) is 0 Å². The smallest absolute Gasteiger partial charge is 0.134 e. The summed E-state index contributed by atoms with van der Waals surface area (Å²) in [5.41, 5.74) is 3.42. The lowest BCUT2D eigenvalue weighted by molar-refractivity contribution is 0.878. The zero-order valence-corrected chi connectivity index (χ0v) is 14.1. The van der Waals surface area contributed by atoms with Gasteiger partial charge in [-0.2, -0.15) is 0 Å². The summed E-state index contributed by atoms with van der Waals surface area (Å²) >= 11 is 0. The standard InChI is InChI=1S/C22H19N3/c1-16(17-8-3-2-4-9-17)25-22-20-12-6-5-11-19(20)21(15-24-22)18-10-7-13-23-14-18/h2-16H,1H3,(H,24,25). The molecule has 4 rings (SSSR count). The quantitative estimate of drug-likeness (QED) is 0.540. The summed E-state index contributed by atoms with van der Waals surface area (Å²) in [7, 11) is 0. The number of hydrogen-bond acceptors (Lipinski definition) is 3. The number of anilines is 1. The first-order valence-corrected chi connectivity index (χ1v) is 8.42. The number of nitrogens with zero attached hydrogens (tertiary/aromatic N) is 2. The van der Waals surface area contributed by atoms with Gasteiger partial charge in [-0.05, 0) is 23.9 Å². The summed E-state index contributed by atoms with van der Waals surface area (Å²) in [5.74, 6) is 0.902. The third-order valence-electron chi connectivity index (χ3n) is 4.42. The maximum atomic E-state index is 4.71. The monoisotopic (exact) mass is 325 g/mol. The van der Waals surface area contributed by atoms with Gasteiger partial charge in [0, 0.05) is 41.1 Å². The van der Waals surface area contributed by atoms with Crippen LogP contribution in [0.25, 0.3) is 21.9 Å². The molecule has 0 spiro atoms. The second-order valence-corrected chi connectivity index (χ2v) is 6.08. The molecule has 0 fully saturated rings. The molecule has 0 aliphatic heterocycles. The highest BCUT2D eigenvalue weighted by Crippen LogP contribution is 2.32. The summed E-state index contributed by atoms with van der Waals surface area (Å²) in [6, 6.07) is 23.0. The maximum Gasteiger partial charge on any atom is 0.134 e. The SMILES string of the molecule is CC(Nc1ncc(-c2cccnc2)c2ccccc12)c1ccccc1. The van der Waals surface area contributed by atoms with Crippen LogP contribution in [0.2, 0.25) is 0 Å². The molecule has 0 saturated carbocycles. The Morgan fingerprint density at radius 2 is 1.56 bits per heavy atom. The highest BCUT2D eigenvalue weighted by Gasteiger charge is 2.11. The van der Waals surface area contributed by atoms with Crippen LogP contribution in [0.4, 0.5) is 5.82 Å². The van der Waals surface area contributed by atoms with Crippen molar-refractivity contribution in [2.45, 2.75) is 13.0 Å². The topological polar surface area (TPSA) is 37.8 Å². The Labute approximate surface area is 147 Å². The zero-order chi connectivity index (χ0) is 17.1. The van der Waals surface area contributed by atoms with Gasteiger partial charge in [0.15, 0.2) is 0 Å². The third-order valence-corrected chi connectivity index (χ3v) is 4.42. The van der Waals surface area contributed by atoms with Crippen LogP contribution < -0.4 is 5.32 Å². The highest BCUT2D eigenvalue weighted by atomic mass is 15.0. The number of aromatic nitrogens is 2. The predicted octanol–water partition coefficient (Wildman–Crippen LogP) is 5.47. The van der Waals surface area contributed by atoms with E-state index in [-0.39, 0.29) is 6.04 Å². The molecule has 0 saturated heterocycles. The van der Waals surface area contributed by atoms with E-state index >= 15 is 0 Å². The van der Waals surface area contributed by atoms with Gasteiger partial charge >= 0.3 is 0 Å². The minimum Gasteiger partial charge on any atom is -0.363 e. The molecule has 2 aromatic carbocycles. The van der Waals surface area contributed by atoms with Crippen LogP contribution >= 0.6 is 0 Å². The summed E-state index contributed by atoms with van der Waals surface area (Å²) < 4.78 is 0. The molecule has 4 aromatic rings. The Kier molecular flexibility index (Phi) is 4.13. The molecule has 0 radical (unpaired) electrons. The van der Waals surface area contributed by atoms with Crippen molar-refractivity contribution in [2.24, 2.45) is 0 Å². The molecule has 2 aromatic heterocycles. The molecule has 1 N–H and O–H groups in total. The van der Waals surface area contributed by atoms with Gasteiger partial charge in [-0.1, -0.05) is 60.7 Å². The number of benzene rings is 2. The van der Waals surface area contributed by atoms with E-state index in [2.05, 4.69) is 71.8 Å². The van der Waals surface area contributed by atoms with Crippen molar-refractivity contribution in [1.82, 2.24) is 9.97 Å². The van der Waals surface area contributed by atoms with E-state index < -0.39 is 0 Å². The van der Waals surface area contributed by atoms with Gasteiger partial charge in [-0.25, -0.2) is 4.98 Å². The Morgan fingerprint density at radius 3 is 2.32 bits per heavy atom. The fourth-order valence-electron chi connectivity index (χ4n) is 3.09. The Balaban J connectivity index is 1.77. The van der Waals surface area contributed by atoms with Crippen molar-refractivity contribution in [1.29, 1.82) is 0 Å². The first-order chi connectivity index (χ1) is 12.3. The normalized spacial score (nSPS) is 12.0. The van der Waals surface area contributed by atoms with Crippen molar-refractivity contribution in [3.63, 3.8) is 0 Å². The Bertz CT molecular complexity index is 982. The average Bonchev–Trinajstić information content (AvgIpc) is 2.69. The number of pyridine rings is 2. The van der Waals surface area contributed by atoms with Crippen LogP contribution in [0.3, 0.4) is 0 Å². The van der Waals surface area contributed by atoms with Crippen LogP contribution in [0.1, 0.15) is 18.5 Å². The first-order valence-electron chi connectivity index (χ1n) is 8.42. The highest BCUT2D eigenvalue weighted by molar-refractivity contribution is 6.01. The van der Waals surface area contributed by atoms with E-state index in [0.717, 1.165) is 22.3 Å². The molecule has 25 heavy (non-hydrogen) atoms. The first kappa shape index (κ1) is 15.3. The van der Waals surface area contributed by atoms with Gasteiger partial charge in [-0.3, -0.25) is 4.98 Å². The lowest BCUT2D eigenvalue weighted by Crippen LogP contribution is -2.08. The minimum absolute atomic E-state index is 0.182. The van der Waals surface area contributed by atoms with Gasteiger partial charge < -0.3 is 5.32 Å². The molecule has 0 amide bonds. The van der Waals surface area contributed by atoms with Gasteiger partial charge in [0.2, 0.25) is 0 Å². The van der Waals surface area contributed by atoms with E-state index in [1.807, 2.05) is 24.5 Å². The fourth-order valence-corrected chi connectivity index (χ4v) is 3.09. The van der Waals surface area contributed by atoms with E-state index in [4.69, 9.17) is 4.98 Å². The van der Waals surface area contributed by atoms with Crippen molar-refractivity contribution < 1.29 is 0 Å². The van der Waals surface area contributed by atoms with Crippen LogP contribution in [0.15, 0.2) is 85.3 Å². The number of hydrogen-bond donors (Lipinski definition) is 1. The largest absolute Gasteiger partial charge is 0.363 e. The van der Waals surface area contributed by atoms with Crippen molar-refractivity contribution in [3.8, 4) is 11.1 Å². The lowest BCUT2D eigenvalue weighted by Gasteiger charge is -2.17. The molecule has 122 valence electrons. The average molecular weight is 325 g/mol. The fraction of sp³-hybridized carbons (Fsp3) is 0.0909. The van der Waals surface area contributed by atoms with Crippen molar-refractivity contribution in [2.75, 3.05) is 5.32 Å². The molecule has 0 aliphatic rings. The molecular weight excluding hydrogens is 306 g/mol. The number of nitrogens with one attached hydrogen (secondary N) is 1. The van der Waals surface area contributed by atoms with Crippen molar-refractivity contribution in [3.05, 3.63) is 90.9 Å². The summed E-state index contributed by atoms with van der Waals surface area (Å²) in [6.45, 7) is 2.15. The van der Waals surface area contributed by atoms with Crippen LogP contribution in [-0.4, -0.2) is 9.97 Å². The number of fused-ring (bicyclic) bond motifs is 1. The lowest BCUT2D eigenvalue weighted by atomic mass is 10.0. The van der Waals surface area contributed by atoms with Crippen LogP contribution in [0.5, 0.6) is 0 Å². The Hall–Kier alpha value is -3.20.